The fraction of sp³-hybridized carbons (Fsp3) is 0.118. The highest BCUT2D eigenvalue weighted by Gasteiger charge is 2.38. The first-order chi connectivity index (χ1) is 12.6. The molecule has 0 aliphatic carbocycles. The highest BCUT2D eigenvalue weighted by molar-refractivity contribution is 6.42. The average Bonchev–Trinajstić information content (AvgIpc) is 2.61. The zero-order valence-corrected chi connectivity index (χ0v) is 15.2. The Balaban J connectivity index is 2.11. The summed E-state index contributed by atoms with van der Waals surface area (Å²) in [5.74, 6) is -2.63. The summed E-state index contributed by atoms with van der Waals surface area (Å²) < 4.78 is 37.0. The molecule has 10 heteroatoms. The number of carbonyl (C=O) groups excluding carboxylic acids is 2. The van der Waals surface area contributed by atoms with Crippen LogP contribution in [0.15, 0.2) is 47.6 Å². The van der Waals surface area contributed by atoms with E-state index in [1.807, 2.05) is 0 Å². The maximum atomic E-state index is 12.3. The largest absolute Gasteiger partial charge is 0.471 e. The Kier molecular flexibility index (Phi) is 6.45. The number of benzene rings is 2. The van der Waals surface area contributed by atoms with Crippen molar-refractivity contribution in [2.45, 2.75) is 13.1 Å². The molecule has 142 valence electrons. The average molecular weight is 418 g/mol. The predicted molar refractivity (Wildman–Crippen MR) is 97.3 cm³/mol. The molecular weight excluding hydrogens is 406 g/mol. The fourth-order valence-corrected chi connectivity index (χ4v) is 2.22. The van der Waals surface area contributed by atoms with Crippen molar-refractivity contribution < 1.29 is 22.8 Å². The molecule has 2 amide bonds. The molecule has 0 bridgehead atoms. The maximum Gasteiger partial charge on any atom is 0.471 e. The van der Waals surface area contributed by atoms with Gasteiger partial charge in [0.25, 0.3) is 5.91 Å². The van der Waals surface area contributed by atoms with Gasteiger partial charge in [0.1, 0.15) is 0 Å². The molecule has 2 N–H and O–H groups in total. The third-order valence-electron chi connectivity index (χ3n) is 3.30. The van der Waals surface area contributed by atoms with E-state index < -0.39 is 18.0 Å². The van der Waals surface area contributed by atoms with Crippen LogP contribution >= 0.6 is 23.2 Å². The third-order valence-corrected chi connectivity index (χ3v) is 4.04. The minimum absolute atomic E-state index is 0.0554. The second-order valence-corrected chi connectivity index (χ2v) is 6.11. The van der Waals surface area contributed by atoms with Crippen LogP contribution in [0.25, 0.3) is 0 Å². The number of nitrogens with one attached hydrogen (secondary N) is 2. The highest BCUT2D eigenvalue weighted by atomic mass is 35.5. The van der Waals surface area contributed by atoms with Gasteiger partial charge in [-0.25, -0.2) is 5.43 Å². The second kappa shape index (κ2) is 8.41. The molecule has 5 nitrogen and oxygen atoms in total. The number of anilines is 1. The van der Waals surface area contributed by atoms with Crippen LogP contribution in [-0.2, 0) is 4.79 Å². The molecule has 0 atom stereocenters. The zero-order valence-electron chi connectivity index (χ0n) is 13.7. The van der Waals surface area contributed by atoms with E-state index in [0.717, 1.165) is 0 Å². The van der Waals surface area contributed by atoms with Gasteiger partial charge in [-0.2, -0.15) is 18.3 Å². The topological polar surface area (TPSA) is 70.6 Å². The van der Waals surface area contributed by atoms with Gasteiger partial charge in [-0.15, -0.1) is 0 Å². The molecule has 0 aliphatic heterocycles. The summed E-state index contributed by atoms with van der Waals surface area (Å²) in [7, 11) is 0. The Morgan fingerprint density at radius 2 is 1.70 bits per heavy atom. The van der Waals surface area contributed by atoms with Gasteiger partial charge in [0.05, 0.1) is 15.8 Å². The lowest BCUT2D eigenvalue weighted by Gasteiger charge is -2.09. The third kappa shape index (κ3) is 5.70. The van der Waals surface area contributed by atoms with Crippen LogP contribution < -0.4 is 10.7 Å². The Labute approximate surface area is 162 Å². The fourth-order valence-electron chi connectivity index (χ4n) is 1.93. The van der Waals surface area contributed by atoms with Gasteiger partial charge in [0.2, 0.25) is 0 Å². The minimum atomic E-state index is -4.99. The van der Waals surface area contributed by atoms with Gasteiger partial charge < -0.3 is 5.32 Å². The number of halogens is 5. The predicted octanol–water partition coefficient (Wildman–Crippen LogP) is 4.65. The number of nitrogens with zero attached hydrogens (tertiary/aromatic N) is 1. The van der Waals surface area contributed by atoms with E-state index in [1.54, 1.807) is 18.3 Å². The van der Waals surface area contributed by atoms with Crippen LogP contribution in [-0.4, -0.2) is 23.7 Å². The molecule has 0 spiro atoms. The molecule has 0 radical (unpaired) electrons. The molecule has 0 fully saturated rings. The van der Waals surface area contributed by atoms with E-state index in [-0.39, 0.29) is 16.3 Å². The molecule has 2 aromatic rings. The van der Waals surface area contributed by atoms with E-state index in [9.17, 15) is 22.8 Å². The van der Waals surface area contributed by atoms with Crippen molar-refractivity contribution in [2.75, 3.05) is 5.32 Å². The summed E-state index contributed by atoms with van der Waals surface area (Å²) in [4.78, 5) is 23.1. The maximum absolute atomic E-state index is 12.3. The monoisotopic (exact) mass is 417 g/mol. The Hall–Kier alpha value is -2.58. The van der Waals surface area contributed by atoms with Crippen molar-refractivity contribution in [3.63, 3.8) is 0 Å². The zero-order chi connectivity index (χ0) is 20.2. The summed E-state index contributed by atoms with van der Waals surface area (Å²) in [6.07, 6.45) is -4.99. The molecule has 2 rings (SSSR count). The molecule has 0 aromatic heterocycles. The van der Waals surface area contributed by atoms with Crippen LogP contribution in [0.1, 0.15) is 22.8 Å². The highest BCUT2D eigenvalue weighted by Crippen LogP contribution is 2.22. The van der Waals surface area contributed by atoms with Gasteiger partial charge in [-0.05, 0) is 42.8 Å². The number of hydrazone groups is 1. The molecule has 0 heterocycles. The summed E-state index contributed by atoms with van der Waals surface area (Å²) in [5.41, 5.74) is 3.20. The Bertz CT molecular complexity index is 915. The number of hydrogen-bond donors (Lipinski definition) is 2. The number of hydrogen-bond acceptors (Lipinski definition) is 3. The minimum Gasteiger partial charge on any atom is -0.318 e. The molecule has 2 aromatic carbocycles. The second-order valence-electron chi connectivity index (χ2n) is 5.30. The normalized spacial score (nSPS) is 11.9. The Morgan fingerprint density at radius 3 is 2.33 bits per heavy atom. The molecule has 0 saturated carbocycles. The van der Waals surface area contributed by atoms with E-state index in [2.05, 4.69) is 10.5 Å². The lowest BCUT2D eigenvalue weighted by atomic mass is 10.1. The first-order valence-corrected chi connectivity index (χ1v) is 8.12. The van der Waals surface area contributed by atoms with E-state index >= 15 is 0 Å². The first-order valence-electron chi connectivity index (χ1n) is 7.36. The summed E-state index contributed by atoms with van der Waals surface area (Å²) in [6, 6.07) is 9.90. The Morgan fingerprint density at radius 1 is 1.00 bits per heavy atom. The van der Waals surface area contributed by atoms with Crippen molar-refractivity contribution in [3.8, 4) is 0 Å². The van der Waals surface area contributed by atoms with Crippen LogP contribution in [0.3, 0.4) is 0 Å². The summed E-state index contributed by atoms with van der Waals surface area (Å²) in [6.45, 7) is 1.54. The lowest BCUT2D eigenvalue weighted by molar-refractivity contribution is -0.167. The van der Waals surface area contributed by atoms with Gasteiger partial charge in [-0.3, -0.25) is 9.59 Å². The van der Waals surface area contributed by atoms with Crippen LogP contribution in [0.5, 0.6) is 0 Å². The molecular formula is C17H12Cl2F3N3O2. The first kappa shape index (κ1) is 20.7. The molecule has 0 saturated heterocycles. The number of amides is 2. The number of alkyl halides is 3. The quantitative estimate of drug-likeness (QED) is 0.561. The lowest BCUT2D eigenvalue weighted by Crippen LogP contribution is -2.29. The van der Waals surface area contributed by atoms with Gasteiger partial charge in [0, 0.05) is 11.3 Å². The SMILES string of the molecule is C/C(=N/NC(=O)c1ccc(Cl)c(Cl)c1)c1cccc(NC(=O)C(F)(F)F)c1. The van der Waals surface area contributed by atoms with E-state index in [4.69, 9.17) is 23.2 Å². The number of rotatable bonds is 4. The molecule has 27 heavy (non-hydrogen) atoms. The van der Waals surface area contributed by atoms with Gasteiger partial charge in [-0.1, -0.05) is 35.3 Å². The van der Waals surface area contributed by atoms with E-state index in [1.165, 1.54) is 36.4 Å². The van der Waals surface area contributed by atoms with Crippen LogP contribution in [0.2, 0.25) is 10.0 Å². The van der Waals surface area contributed by atoms with Crippen LogP contribution in [0.4, 0.5) is 18.9 Å². The van der Waals surface area contributed by atoms with Crippen molar-refractivity contribution in [2.24, 2.45) is 5.10 Å². The van der Waals surface area contributed by atoms with Crippen molar-refractivity contribution >= 4 is 46.4 Å². The standard InChI is InChI=1S/C17H12Cl2F3N3O2/c1-9(24-25-15(26)11-5-6-13(18)14(19)8-11)10-3-2-4-12(7-10)23-16(27)17(20,21)22/h2-8H,1H3,(H,23,27)(H,25,26)/b24-9-. The van der Waals surface area contributed by atoms with Crippen molar-refractivity contribution in [1.29, 1.82) is 0 Å². The van der Waals surface area contributed by atoms with Gasteiger partial charge >= 0.3 is 12.1 Å². The van der Waals surface area contributed by atoms with Crippen LogP contribution in [0, 0.1) is 0 Å². The van der Waals surface area contributed by atoms with Gasteiger partial charge in [0.15, 0.2) is 0 Å². The molecule has 0 unspecified atom stereocenters. The molecule has 0 aliphatic rings. The summed E-state index contributed by atoms with van der Waals surface area (Å²) in [5, 5.41) is 6.15. The smallest absolute Gasteiger partial charge is 0.318 e. The summed E-state index contributed by atoms with van der Waals surface area (Å²) >= 11 is 11.6. The van der Waals surface area contributed by atoms with Crippen molar-refractivity contribution in [1.82, 2.24) is 5.43 Å². The van der Waals surface area contributed by atoms with E-state index in [0.29, 0.717) is 16.3 Å². The number of carbonyl (C=O) groups is 2. The van der Waals surface area contributed by atoms with Crippen molar-refractivity contribution in [3.05, 3.63) is 63.6 Å².